The Morgan fingerprint density at radius 2 is 1.71 bits per heavy atom. The molecular weight excluding hydrogens is 300 g/mol. The molecule has 2 aromatic rings. The van der Waals surface area contributed by atoms with E-state index in [2.05, 4.69) is 28.4 Å². The first kappa shape index (κ1) is 15.2. The van der Waals surface area contributed by atoms with Crippen molar-refractivity contribution in [1.82, 2.24) is 0 Å². The number of hydrogen-bond donors (Lipinski definition) is 1. The molecule has 2 atom stereocenters. The number of morpholine rings is 1. The molecule has 1 aliphatic heterocycles. The number of nitrogens with zero attached hydrogens (tertiary/aromatic N) is 1. The van der Waals surface area contributed by atoms with E-state index in [1.807, 2.05) is 36.4 Å². The van der Waals surface area contributed by atoms with E-state index in [1.165, 1.54) is 5.56 Å². The van der Waals surface area contributed by atoms with Gasteiger partial charge < -0.3 is 15.0 Å². The van der Waals surface area contributed by atoms with Crippen molar-refractivity contribution in [3.8, 4) is 0 Å². The van der Waals surface area contributed by atoms with Gasteiger partial charge in [-0.3, -0.25) is 4.79 Å². The van der Waals surface area contributed by atoms with E-state index in [0.29, 0.717) is 5.92 Å². The van der Waals surface area contributed by atoms with Crippen molar-refractivity contribution in [3.63, 3.8) is 0 Å². The lowest BCUT2D eigenvalue weighted by molar-refractivity contribution is -0.117. The summed E-state index contributed by atoms with van der Waals surface area (Å²) in [5, 5.41) is 3.15. The topological polar surface area (TPSA) is 41.6 Å². The molecule has 1 amide bonds. The molecule has 0 radical (unpaired) electrons. The monoisotopic (exact) mass is 322 g/mol. The third-order valence-corrected chi connectivity index (χ3v) is 4.87. The average molecular weight is 322 g/mol. The molecule has 124 valence electrons. The van der Waals surface area contributed by atoms with Crippen LogP contribution >= 0.6 is 0 Å². The van der Waals surface area contributed by atoms with Gasteiger partial charge in [-0.2, -0.15) is 0 Å². The van der Waals surface area contributed by atoms with Gasteiger partial charge in [0.25, 0.3) is 0 Å². The molecule has 1 aliphatic carbocycles. The summed E-state index contributed by atoms with van der Waals surface area (Å²) in [4.78, 5) is 14.9. The van der Waals surface area contributed by atoms with E-state index in [0.717, 1.165) is 44.1 Å². The SMILES string of the molecule is O=C(Nc1ccccc1N1CCOCC1)C1CC1c1ccccc1. The predicted molar refractivity (Wildman–Crippen MR) is 95.4 cm³/mol. The molecule has 1 saturated heterocycles. The quantitative estimate of drug-likeness (QED) is 0.939. The summed E-state index contributed by atoms with van der Waals surface area (Å²) in [6.45, 7) is 3.20. The van der Waals surface area contributed by atoms with Gasteiger partial charge in [-0.15, -0.1) is 0 Å². The molecule has 4 heteroatoms. The molecule has 2 unspecified atom stereocenters. The summed E-state index contributed by atoms with van der Waals surface area (Å²) in [6.07, 6.45) is 0.940. The second kappa shape index (κ2) is 6.65. The predicted octanol–water partition coefficient (Wildman–Crippen LogP) is 3.27. The fourth-order valence-electron chi connectivity index (χ4n) is 3.44. The number of carbonyl (C=O) groups excluding carboxylic acids is 1. The molecule has 0 spiro atoms. The van der Waals surface area contributed by atoms with Crippen LogP contribution in [0, 0.1) is 5.92 Å². The third kappa shape index (κ3) is 3.15. The van der Waals surface area contributed by atoms with Crippen molar-refractivity contribution in [2.24, 2.45) is 5.92 Å². The largest absolute Gasteiger partial charge is 0.378 e. The van der Waals surface area contributed by atoms with Crippen LogP contribution in [0.25, 0.3) is 0 Å². The normalized spacial score (nSPS) is 22.9. The number of rotatable bonds is 4. The first-order valence-electron chi connectivity index (χ1n) is 8.60. The first-order valence-corrected chi connectivity index (χ1v) is 8.60. The fourth-order valence-corrected chi connectivity index (χ4v) is 3.44. The molecule has 2 fully saturated rings. The van der Waals surface area contributed by atoms with Gasteiger partial charge in [-0.25, -0.2) is 0 Å². The Morgan fingerprint density at radius 3 is 2.50 bits per heavy atom. The van der Waals surface area contributed by atoms with E-state index in [9.17, 15) is 4.79 Å². The molecule has 24 heavy (non-hydrogen) atoms. The van der Waals surface area contributed by atoms with Crippen LogP contribution in [0.2, 0.25) is 0 Å². The molecule has 0 bridgehead atoms. The average Bonchev–Trinajstić information content (AvgIpc) is 3.45. The van der Waals surface area contributed by atoms with Crippen LogP contribution < -0.4 is 10.2 Å². The summed E-state index contributed by atoms with van der Waals surface area (Å²) < 4.78 is 5.42. The minimum atomic E-state index is 0.0881. The number of carbonyl (C=O) groups is 1. The van der Waals surface area contributed by atoms with E-state index in [1.54, 1.807) is 0 Å². The summed E-state index contributed by atoms with van der Waals surface area (Å²) in [5.74, 6) is 0.580. The Bertz CT molecular complexity index is 711. The Hall–Kier alpha value is -2.33. The Morgan fingerprint density at radius 1 is 1.00 bits per heavy atom. The summed E-state index contributed by atoms with van der Waals surface area (Å²) in [5.41, 5.74) is 3.26. The molecule has 0 aromatic heterocycles. The zero-order valence-corrected chi connectivity index (χ0v) is 13.7. The minimum Gasteiger partial charge on any atom is -0.378 e. The number of para-hydroxylation sites is 2. The molecule has 2 aromatic carbocycles. The zero-order valence-electron chi connectivity index (χ0n) is 13.7. The highest BCUT2D eigenvalue weighted by Crippen LogP contribution is 2.48. The molecule has 1 N–H and O–H groups in total. The number of amides is 1. The van der Waals surface area contributed by atoms with Crippen LogP contribution in [0.4, 0.5) is 11.4 Å². The van der Waals surface area contributed by atoms with Gasteiger partial charge in [-0.1, -0.05) is 42.5 Å². The van der Waals surface area contributed by atoms with Gasteiger partial charge in [0.05, 0.1) is 24.6 Å². The zero-order chi connectivity index (χ0) is 16.4. The number of anilines is 2. The fraction of sp³-hybridized carbons (Fsp3) is 0.350. The maximum absolute atomic E-state index is 12.6. The number of hydrogen-bond acceptors (Lipinski definition) is 3. The van der Waals surface area contributed by atoms with E-state index < -0.39 is 0 Å². The molecular formula is C20H22N2O2. The van der Waals surface area contributed by atoms with Crippen molar-refractivity contribution >= 4 is 17.3 Å². The lowest BCUT2D eigenvalue weighted by Gasteiger charge is -2.30. The van der Waals surface area contributed by atoms with Crippen LogP contribution in [0.1, 0.15) is 17.9 Å². The van der Waals surface area contributed by atoms with Crippen LogP contribution in [-0.2, 0) is 9.53 Å². The molecule has 2 aliphatic rings. The van der Waals surface area contributed by atoms with Crippen LogP contribution in [0.5, 0.6) is 0 Å². The summed E-state index contributed by atoms with van der Waals surface area (Å²) in [6, 6.07) is 18.4. The lowest BCUT2D eigenvalue weighted by Crippen LogP contribution is -2.36. The van der Waals surface area contributed by atoms with Crippen LogP contribution in [0.15, 0.2) is 54.6 Å². The highest BCUT2D eigenvalue weighted by molar-refractivity contribution is 5.98. The Labute approximate surface area is 142 Å². The van der Waals surface area contributed by atoms with Gasteiger partial charge in [0.2, 0.25) is 5.91 Å². The van der Waals surface area contributed by atoms with Gasteiger partial charge in [0.1, 0.15) is 0 Å². The van der Waals surface area contributed by atoms with Gasteiger partial charge >= 0.3 is 0 Å². The molecule has 1 heterocycles. The molecule has 4 nitrogen and oxygen atoms in total. The summed E-state index contributed by atoms with van der Waals surface area (Å²) in [7, 11) is 0. The first-order chi connectivity index (χ1) is 11.8. The van der Waals surface area contributed by atoms with Crippen LogP contribution in [-0.4, -0.2) is 32.2 Å². The second-order valence-corrected chi connectivity index (χ2v) is 6.47. The summed E-state index contributed by atoms with van der Waals surface area (Å²) >= 11 is 0. The number of ether oxygens (including phenoxy) is 1. The van der Waals surface area contributed by atoms with E-state index in [4.69, 9.17) is 4.74 Å². The Balaban J connectivity index is 1.45. The van der Waals surface area contributed by atoms with E-state index >= 15 is 0 Å². The lowest BCUT2D eigenvalue weighted by atomic mass is 10.1. The van der Waals surface area contributed by atoms with Gasteiger partial charge in [-0.05, 0) is 30.0 Å². The van der Waals surface area contributed by atoms with Crippen molar-refractivity contribution in [2.75, 3.05) is 36.5 Å². The highest BCUT2D eigenvalue weighted by Gasteiger charge is 2.44. The standard InChI is InChI=1S/C20H22N2O2/c23-20(17-14-16(17)15-6-2-1-3-7-15)21-18-8-4-5-9-19(18)22-10-12-24-13-11-22/h1-9,16-17H,10-14H2,(H,21,23). The molecule has 1 saturated carbocycles. The van der Waals surface area contributed by atoms with Crippen molar-refractivity contribution in [1.29, 1.82) is 0 Å². The number of benzene rings is 2. The number of nitrogens with one attached hydrogen (secondary N) is 1. The van der Waals surface area contributed by atoms with Gasteiger partial charge in [0, 0.05) is 19.0 Å². The Kier molecular flexibility index (Phi) is 4.22. The van der Waals surface area contributed by atoms with Crippen molar-refractivity contribution in [3.05, 3.63) is 60.2 Å². The van der Waals surface area contributed by atoms with E-state index in [-0.39, 0.29) is 11.8 Å². The third-order valence-electron chi connectivity index (χ3n) is 4.87. The highest BCUT2D eigenvalue weighted by atomic mass is 16.5. The van der Waals surface area contributed by atoms with Crippen LogP contribution in [0.3, 0.4) is 0 Å². The maximum Gasteiger partial charge on any atom is 0.228 e. The smallest absolute Gasteiger partial charge is 0.228 e. The van der Waals surface area contributed by atoms with Gasteiger partial charge in [0.15, 0.2) is 0 Å². The van der Waals surface area contributed by atoms with Crippen molar-refractivity contribution < 1.29 is 9.53 Å². The minimum absolute atomic E-state index is 0.0881. The van der Waals surface area contributed by atoms with Crippen molar-refractivity contribution in [2.45, 2.75) is 12.3 Å². The molecule has 4 rings (SSSR count). The maximum atomic E-state index is 12.6. The second-order valence-electron chi connectivity index (χ2n) is 6.47.